The average molecular weight is 206 g/mol. The highest BCUT2D eigenvalue weighted by atomic mass is 32.3. The van der Waals surface area contributed by atoms with E-state index >= 15 is 0 Å². The van der Waals surface area contributed by atoms with Crippen LogP contribution in [0.5, 0.6) is 0 Å². The SMILES string of the molecule is O=S(=O)([O-])[O-].[NH3+]c1ccccc1[NH3+]. The molecule has 0 amide bonds. The van der Waals surface area contributed by atoms with Crippen LogP contribution in [0.15, 0.2) is 24.3 Å². The Bertz CT molecular complexity index is 334. The summed E-state index contributed by atoms with van der Waals surface area (Å²) >= 11 is 0. The zero-order chi connectivity index (χ0) is 10.5. The first kappa shape index (κ1) is 12.0. The zero-order valence-corrected chi connectivity index (χ0v) is 7.58. The normalized spacial score (nSPS) is 10.2. The van der Waals surface area contributed by atoms with Gasteiger partial charge in [0.15, 0.2) is 11.4 Å². The van der Waals surface area contributed by atoms with Crippen LogP contribution in [0.25, 0.3) is 0 Å². The first-order valence-electron chi connectivity index (χ1n) is 3.20. The van der Waals surface area contributed by atoms with E-state index in [-0.39, 0.29) is 0 Å². The molecule has 0 heterocycles. The lowest BCUT2D eigenvalue weighted by Crippen LogP contribution is -2.49. The van der Waals surface area contributed by atoms with Crippen molar-refractivity contribution in [3.05, 3.63) is 24.3 Å². The molecule has 74 valence electrons. The summed E-state index contributed by atoms with van der Waals surface area (Å²) in [5.41, 5.74) is 9.53. The van der Waals surface area contributed by atoms with E-state index in [1.165, 1.54) is 0 Å². The molecule has 7 heteroatoms. The maximum atomic E-state index is 8.52. The second-order valence-corrected chi connectivity index (χ2v) is 2.99. The van der Waals surface area contributed by atoms with Crippen molar-refractivity contribution in [3.8, 4) is 0 Å². The molecule has 1 rings (SSSR count). The van der Waals surface area contributed by atoms with E-state index in [1.54, 1.807) is 0 Å². The van der Waals surface area contributed by atoms with Gasteiger partial charge in [0.2, 0.25) is 0 Å². The van der Waals surface area contributed by atoms with E-state index in [1.807, 2.05) is 24.3 Å². The van der Waals surface area contributed by atoms with Gasteiger partial charge in [0.05, 0.1) is 0 Å². The minimum absolute atomic E-state index is 1.01. The van der Waals surface area contributed by atoms with Crippen LogP contribution < -0.4 is 11.5 Å². The van der Waals surface area contributed by atoms with Crippen molar-refractivity contribution in [2.45, 2.75) is 0 Å². The molecule has 0 saturated carbocycles. The molecule has 6 nitrogen and oxygen atoms in total. The van der Waals surface area contributed by atoms with Gasteiger partial charge in [-0.2, -0.15) is 0 Å². The molecule has 6 N–H and O–H groups in total. The second kappa shape index (κ2) is 4.90. The summed E-state index contributed by atoms with van der Waals surface area (Å²) in [5.74, 6) is 0. The van der Waals surface area contributed by atoms with E-state index < -0.39 is 10.4 Å². The molecule has 0 aliphatic rings. The van der Waals surface area contributed by atoms with E-state index in [9.17, 15) is 0 Å². The van der Waals surface area contributed by atoms with Crippen molar-refractivity contribution in [3.63, 3.8) is 0 Å². The predicted molar refractivity (Wildman–Crippen MR) is 42.0 cm³/mol. The molecule has 0 aromatic heterocycles. The summed E-state index contributed by atoms with van der Waals surface area (Å²) in [7, 11) is -5.17. The Morgan fingerprint density at radius 1 is 1.00 bits per heavy atom. The summed E-state index contributed by atoms with van der Waals surface area (Å²) in [5, 5.41) is 0. The fourth-order valence-electron chi connectivity index (χ4n) is 0.557. The van der Waals surface area contributed by atoms with Gasteiger partial charge in [0, 0.05) is 22.5 Å². The van der Waals surface area contributed by atoms with Crippen molar-refractivity contribution in [1.82, 2.24) is 0 Å². The van der Waals surface area contributed by atoms with Gasteiger partial charge in [-0.3, -0.25) is 8.42 Å². The molecule has 0 spiro atoms. The highest BCUT2D eigenvalue weighted by Crippen LogP contribution is 2.06. The molecule has 1 aromatic rings. The molecule has 0 fully saturated rings. The third-order valence-corrected chi connectivity index (χ3v) is 1.12. The number of hydrogen-bond acceptors (Lipinski definition) is 4. The Labute approximate surface area is 75.7 Å². The molecule has 1 aromatic carbocycles. The van der Waals surface area contributed by atoms with Crippen molar-refractivity contribution < 1.29 is 29.0 Å². The van der Waals surface area contributed by atoms with Crippen LogP contribution in [-0.4, -0.2) is 17.5 Å². The van der Waals surface area contributed by atoms with Gasteiger partial charge in [0.1, 0.15) is 0 Å². The van der Waals surface area contributed by atoms with Gasteiger partial charge in [-0.15, -0.1) is 0 Å². The van der Waals surface area contributed by atoms with Gasteiger partial charge < -0.3 is 20.6 Å². The Balaban J connectivity index is 0.000000252. The Hall–Kier alpha value is -0.990. The topological polar surface area (TPSA) is 136 Å². The van der Waals surface area contributed by atoms with Crippen LogP contribution in [0.2, 0.25) is 0 Å². The van der Waals surface area contributed by atoms with Crippen molar-refractivity contribution in [2.75, 3.05) is 0 Å². The molecule has 0 radical (unpaired) electrons. The molecule has 0 saturated heterocycles. The summed E-state index contributed by atoms with van der Waals surface area (Å²) in [6.45, 7) is 0. The van der Waals surface area contributed by atoms with E-state index in [0.29, 0.717) is 0 Å². The first-order chi connectivity index (χ1) is 5.80. The molecule has 0 bridgehead atoms. The standard InChI is InChI=1S/C6H8N2.H2O4S/c7-5-3-1-2-4-6(5)8;1-5(2,3)4/h1-4H,7-8H2;(H2,1,2,3,4). The molecule has 0 aliphatic carbocycles. The van der Waals surface area contributed by atoms with Crippen LogP contribution in [0.4, 0.5) is 11.4 Å². The number of rotatable bonds is 0. The predicted octanol–water partition coefficient (Wildman–Crippen LogP) is -1.90. The van der Waals surface area contributed by atoms with Crippen LogP contribution in [-0.2, 0) is 10.4 Å². The van der Waals surface area contributed by atoms with Crippen molar-refractivity contribution in [2.24, 2.45) is 0 Å². The highest BCUT2D eigenvalue weighted by molar-refractivity contribution is 7.79. The quantitative estimate of drug-likeness (QED) is 0.378. The maximum absolute atomic E-state index is 8.52. The highest BCUT2D eigenvalue weighted by Gasteiger charge is 1.94. The van der Waals surface area contributed by atoms with Gasteiger partial charge in [0.25, 0.3) is 0 Å². The minimum atomic E-state index is -5.17. The third kappa shape index (κ3) is 8.92. The van der Waals surface area contributed by atoms with E-state index in [4.69, 9.17) is 17.5 Å². The van der Waals surface area contributed by atoms with Crippen LogP contribution in [0.1, 0.15) is 0 Å². The lowest BCUT2D eigenvalue weighted by molar-refractivity contribution is -0.299. The molecular formula is C6H10N2O4S. The molecule has 13 heavy (non-hydrogen) atoms. The fraction of sp³-hybridized carbons (Fsp3) is 0. The third-order valence-electron chi connectivity index (χ3n) is 1.12. The summed E-state index contributed by atoms with van der Waals surface area (Å²) in [4.78, 5) is 0. The number of benzene rings is 1. The fourth-order valence-corrected chi connectivity index (χ4v) is 0.557. The maximum Gasteiger partial charge on any atom is 0.189 e. The Morgan fingerprint density at radius 2 is 1.23 bits per heavy atom. The lowest BCUT2D eigenvalue weighted by Gasteiger charge is -2.06. The van der Waals surface area contributed by atoms with Crippen molar-refractivity contribution >= 4 is 21.8 Å². The second-order valence-electron chi connectivity index (χ2n) is 2.18. The minimum Gasteiger partial charge on any atom is -0.759 e. The van der Waals surface area contributed by atoms with Crippen LogP contribution in [0, 0.1) is 0 Å². The number of hydrogen-bond donors (Lipinski definition) is 2. The van der Waals surface area contributed by atoms with Gasteiger partial charge >= 0.3 is 0 Å². The zero-order valence-electron chi connectivity index (χ0n) is 6.76. The van der Waals surface area contributed by atoms with Gasteiger partial charge in [-0.25, -0.2) is 0 Å². The molecule has 0 unspecified atom stereocenters. The lowest BCUT2D eigenvalue weighted by atomic mass is 10.3. The Morgan fingerprint density at radius 3 is 1.38 bits per heavy atom. The first-order valence-corrected chi connectivity index (χ1v) is 4.53. The van der Waals surface area contributed by atoms with E-state index in [0.717, 1.165) is 11.4 Å². The monoisotopic (exact) mass is 206 g/mol. The van der Waals surface area contributed by atoms with Crippen molar-refractivity contribution in [1.29, 1.82) is 0 Å². The smallest absolute Gasteiger partial charge is 0.189 e. The molecule has 0 aliphatic heterocycles. The van der Waals surface area contributed by atoms with Crippen LogP contribution in [0.3, 0.4) is 0 Å². The van der Waals surface area contributed by atoms with E-state index in [2.05, 4.69) is 11.5 Å². The van der Waals surface area contributed by atoms with Crippen LogP contribution >= 0.6 is 0 Å². The largest absolute Gasteiger partial charge is 0.759 e. The number of quaternary nitrogens is 2. The average Bonchev–Trinajstić information content (AvgIpc) is 1.92. The van der Waals surface area contributed by atoms with Gasteiger partial charge in [-0.1, -0.05) is 12.1 Å². The summed E-state index contributed by atoms with van der Waals surface area (Å²) in [6.07, 6.45) is 0. The van der Waals surface area contributed by atoms with Gasteiger partial charge in [-0.05, 0) is 0 Å². The molecule has 0 atom stereocenters. The Kier molecular flexibility index (Phi) is 4.52. The summed E-state index contributed by atoms with van der Waals surface area (Å²) in [6, 6.07) is 7.80. The molecular weight excluding hydrogens is 196 g/mol. The summed E-state index contributed by atoms with van der Waals surface area (Å²) < 4.78 is 34.1.